The van der Waals surface area contributed by atoms with Gasteiger partial charge in [-0.15, -0.1) is 0 Å². The SMILES string of the molecule is COC(=O)C1CCCN1c1cc(F)cc(C(C)=O)c1. The highest BCUT2D eigenvalue weighted by Crippen LogP contribution is 2.28. The Kier molecular flexibility index (Phi) is 3.83. The van der Waals surface area contributed by atoms with Gasteiger partial charge in [0.1, 0.15) is 11.9 Å². The summed E-state index contributed by atoms with van der Waals surface area (Å²) < 4.78 is 18.3. The summed E-state index contributed by atoms with van der Waals surface area (Å²) in [7, 11) is 1.34. The molecule has 0 bridgehead atoms. The molecule has 0 spiro atoms. The molecule has 2 rings (SSSR count). The van der Waals surface area contributed by atoms with Crippen molar-refractivity contribution in [1.82, 2.24) is 0 Å². The number of anilines is 1. The molecular formula is C14H16FNO3. The molecule has 1 heterocycles. The summed E-state index contributed by atoms with van der Waals surface area (Å²) in [6.07, 6.45) is 1.52. The topological polar surface area (TPSA) is 46.6 Å². The van der Waals surface area contributed by atoms with Crippen LogP contribution in [0.2, 0.25) is 0 Å². The number of hydrogen-bond donors (Lipinski definition) is 0. The van der Waals surface area contributed by atoms with Crippen LogP contribution in [0.3, 0.4) is 0 Å². The van der Waals surface area contributed by atoms with Crippen LogP contribution in [-0.4, -0.2) is 31.4 Å². The number of rotatable bonds is 3. The number of esters is 1. The second-order valence-corrected chi connectivity index (χ2v) is 4.63. The van der Waals surface area contributed by atoms with Crippen LogP contribution in [0.5, 0.6) is 0 Å². The summed E-state index contributed by atoms with van der Waals surface area (Å²) >= 11 is 0. The maximum atomic E-state index is 13.6. The molecule has 1 unspecified atom stereocenters. The fourth-order valence-corrected chi connectivity index (χ4v) is 2.40. The van der Waals surface area contributed by atoms with Crippen LogP contribution in [0.25, 0.3) is 0 Å². The number of carbonyl (C=O) groups excluding carboxylic acids is 2. The molecule has 0 aromatic heterocycles. The van der Waals surface area contributed by atoms with E-state index in [0.29, 0.717) is 24.2 Å². The zero-order valence-electron chi connectivity index (χ0n) is 11.0. The lowest BCUT2D eigenvalue weighted by molar-refractivity contribution is -0.141. The molecule has 5 heteroatoms. The fraction of sp³-hybridized carbons (Fsp3) is 0.429. The van der Waals surface area contributed by atoms with E-state index in [1.807, 2.05) is 0 Å². The summed E-state index contributed by atoms with van der Waals surface area (Å²) in [4.78, 5) is 24.8. The Morgan fingerprint density at radius 2 is 2.11 bits per heavy atom. The van der Waals surface area contributed by atoms with Gasteiger partial charge in [0.15, 0.2) is 5.78 Å². The highest BCUT2D eigenvalue weighted by Gasteiger charge is 2.32. The Labute approximate surface area is 111 Å². The maximum absolute atomic E-state index is 13.6. The number of methoxy groups -OCH3 is 1. The lowest BCUT2D eigenvalue weighted by atomic mass is 10.1. The Bertz CT molecular complexity index is 515. The van der Waals surface area contributed by atoms with Gasteiger partial charge in [0.05, 0.1) is 7.11 Å². The first-order valence-electron chi connectivity index (χ1n) is 6.19. The molecule has 1 saturated heterocycles. The lowest BCUT2D eigenvalue weighted by Crippen LogP contribution is -2.37. The van der Waals surface area contributed by atoms with E-state index in [4.69, 9.17) is 4.74 Å². The molecular weight excluding hydrogens is 249 g/mol. The zero-order valence-corrected chi connectivity index (χ0v) is 11.0. The number of halogens is 1. The number of carbonyl (C=O) groups is 2. The lowest BCUT2D eigenvalue weighted by Gasteiger charge is -2.25. The number of benzene rings is 1. The fourth-order valence-electron chi connectivity index (χ4n) is 2.40. The van der Waals surface area contributed by atoms with Crippen molar-refractivity contribution in [3.63, 3.8) is 0 Å². The first kappa shape index (κ1) is 13.5. The van der Waals surface area contributed by atoms with Crippen molar-refractivity contribution in [3.05, 3.63) is 29.6 Å². The van der Waals surface area contributed by atoms with Crippen LogP contribution in [0.4, 0.5) is 10.1 Å². The van der Waals surface area contributed by atoms with Gasteiger partial charge < -0.3 is 9.64 Å². The summed E-state index contributed by atoms with van der Waals surface area (Å²) in [5.74, 6) is -1.00. The first-order valence-corrected chi connectivity index (χ1v) is 6.19. The summed E-state index contributed by atoms with van der Waals surface area (Å²) in [5.41, 5.74) is 0.864. The van der Waals surface area contributed by atoms with E-state index < -0.39 is 11.9 Å². The van der Waals surface area contributed by atoms with Gasteiger partial charge in [-0.05, 0) is 38.0 Å². The number of nitrogens with zero attached hydrogens (tertiary/aromatic N) is 1. The van der Waals surface area contributed by atoms with E-state index >= 15 is 0 Å². The van der Waals surface area contributed by atoms with Crippen LogP contribution >= 0.6 is 0 Å². The van der Waals surface area contributed by atoms with E-state index in [2.05, 4.69) is 0 Å². The smallest absolute Gasteiger partial charge is 0.328 e. The van der Waals surface area contributed by atoms with Crippen LogP contribution in [0.1, 0.15) is 30.1 Å². The first-order chi connectivity index (χ1) is 9.02. The summed E-state index contributed by atoms with van der Waals surface area (Å²) in [5, 5.41) is 0. The molecule has 1 atom stereocenters. The quantitative estimate of drug-likeness (QED) is 0.620. The van der Waals surface area contributed by atoms with E-state index in [-0.39, 0.29) is 11.8 Å². The molecule has 0 N–H and O–H groups in total. The molecule has 1 aliphatic heterocycles. The molecule has 1 fully saturated rings. The van der Waals surface area contributed by atoms with Crippen LogP contribution in [0.15, 0.2) is 18.2 Å². The standard InChI is InChI=1S/C14H16FNO3/c1-9(17)10-6-11(15)8-12(7-10)16-5-3-4-13(16)14(18)19-2/h6-8,13H,3-5H2,1-2H3. The molecule has 0 aliphatic carbocycles. The van der Waals surface area contributed by atoms with E-state index in [1.165, 1.54) is 26.2 Å². The van der Waals surface area contributed by atoms with E-state index in [9.17, 15) is 14.0 Å². The molecule has 1 aromatic carbocycles. The van der Waals surface area contributed by atoms with Gasteiger partial charge in [-0.3, -0.25) is 4.79 Å². The maximum Gasteiger partial charge on any atom is 0.328 e. The average Bonchev–Trinajstić information content (AvgIpc) is 2.86. The third-order valence-corrected chi connectivity index (χ3v) is 3.35. The van der Waals surface area contributed by atoms with Gasteiger partial charge in [-0.25, -0.2) is 9.18 Å². The van der Waals surface area contributed by atoms with Gasteiger partial charge >= 0.3 is 5.97 Å². The molecule has 1 aliphatic rings. The van der Waals surface area contributed by atoms with Crippen LogP contribution in [0, 0.1) is 5.82 Å². The number of Topliss-reactive ketones (excluding diaryl/α,β-unsaturated/α-hetero) is 1. The monoisotopic (exact) mass is 265 g/mol. The van der Waals surface area contributed by atoms with Gasteiger partial charge in [0.2, 0.25) is 0 Å². The van der Waals surface area contributed by atoms with Crippen molar-refractivity contribution < 1.29 is 18.7 Å². The molecule has 4 nitrogen and oxygen atoms in total. The Hall–Kier alpha value is -1.91. The van der Waals surface area contributed by atoms with Crippen molar-refractivity contribution in [1.29, 1.82) is 0 Å². The second-order valence-electron chi connectivity index (χ2n) is 4.63. The number of ketones is 1. The number of ether oxygens (including phenoxy) is 1. The molecule has 0 saturated carbocycles. The van der Waals surface area contributed by atoms with Crippen molar-refractivity contribution in [2.45, 2.75) is 25.8 Å². The van der Waals surface area contributed by atoms with Crippen molar-refractivity contribution in [3.8, 4) is 0 Å². The van der Waals surface area contributed by atoms with E-state index in [0.717, 1.165) is 6.42 Å². The van der Waals surface area contributed by atoms with Crippen molar-refractivity contribution >= 4 is 17.4 Å². The Morgan fingerprint density at radius 1 is 1.37 bits per heavy atom. The van der Waals surface area contributed by atoms with Crippen molar-refractivity contribution in [2.75, 3.05) is 18.6 Å². The normalized spacial score (nSPS) is 18.5. The minimum atomic E-state index is -0.474. The third kappa shape index (κ3) is 2.75. The highest BCUT2D eigenvalue weighted by atomic mass is 19.1. The predicted octanol–water partition coefficient (Wildman–Crippen LogP) is 2.17. The van der Waals surface area contributed by atoms with Gasteiger partial charge in [-0.2, -0.15) is 0 Å². The Balaban J connectivity index is 2.35. The molecule has 1 aromatic rings. The van der Waals surface area contributed by atoms with E-state index in [1.54, 1.807) is 11.0 Å². The van der Waals surface area contributed by atoms with Gasteiger partial charge in [-0.1, -0.05) is 0 Å². The zero-order chi connectivity index (χ0) is 14.0. The molecule has 0 radical (unpaired) electrons. The van der Waals surface area contributed by atoms with Gasteiger partial charge in [0, 0.05) is 17.8 Å². The van der Waals surface area contributed by atoms with Crippen molar-refractivity contribution in [2.24, 2.45) is 0 Å². The molecule has 102 valence electrons. The minimum absolute atomic E-state index is 0.199. The minimum Gasteiger partial charge on any atom is -0.467 e. The molecule has 19 heavy (non-hydrogen) atoms. The largest absolute Gasteiger partial charge is 0.467 e. The predicted molar refractivity (Wildman–Crippen MR) is 68.8 cm³/mol. The third-order valence-electron chi connectivity index (χ3n) is 3.35. The van der Waals surface area contributed by atoms with Crippen LogP contribution in [-0.2, 0) is 9.53 Å². The Morgan fingerprint density at radius 3 is 2.74 bits per heavy atom. The summed E-state index contributed by atoms with van der Waals surface area (Å²) in [6.45, 7) is 2.04. The highest BCUT2D eigenvalue weighted by molar-refractivity contribution is 5.95. The molecule has 0 amide bonds. The van der Waals surface area contributed by atoms with Gasteiger partial charge in [0.25, 0.3) is 0 Å². The summed E-state index contributed by atoms with van der Waals surface area (Å²) in [6, 6.07) is 3.77. The second kappa shape index (κ2) is 5.38. The van der Waals surface area contributed by atoms with Crippen LogP contribution < -0.4 is 4.90 Å². The number of hydrogen-bond acceptors (Lipinski definition) is 4. The average molecular weight is 265 g/mol.